The molecule has 0 aliphatic rings. The van der Waals surface area contributed by atoms with E-state index in [1.807, 2.05) is 30.3 Å². The van der Waals surface area contributed by atoms with Gasteiger partial charge in [0.2, 0.25) is 11.8 Å². The first-order valence-corrected chi connectivity index (χ1v) is 11.8. The third-order valence-electron chi connectivity index (χ3n) is 5.07. The van der Waals surface area contributed by atoms with Gasteiger partial charge in [-0.1, -0.05) is 30.3 Å². The van der Waals surface area contributed by atoms with E-state index < -0.39 is 17.1 Å². The fourth-order valence-electron chi connectivity index (χ4n) is 3.20. The number of nitrogens with one attached hydrogen (secondary N) is 2. The number of carboxylic acid groups (broad SMARTS) is 1. The summed E-state index contributed by atoms with van der Waals surface area (Å²) in [7, 11) is 3.08. The molecule has 0 fully saturated rings. The molecule has 186 valence electrons. The largest absolute Gasteiger partial charge is 0.497 e. The van der Waals surface area contributed by atoms with Crippen molar-refractivity contribution >= 4 is 40.9 Å². The zero-order chi connectivity index (χ0) is 26.1. The Bertz CT molecular complexity index is 1260. The van der Waals surface area contributed by atoms with Gasteiger partial charge in [0, 0.05) is 28.3 Å². The highest BCUT2D eigenvalue weighted by Gasteiger charge is 2.23. The van der Waals surface area contributed by atoms with Crippen LogP contribution in [-0.4, -0.2) is 37.1 Å². The first kappa shape index (κ1) is 26.4. The normalized spacial score (nSPS) is 11.8. The number of thioether (sulfide) groups is 1. The predicted octanol–water partition coefficient (Wildman–Crippen LogP) is 5.15. The molecule has 3 aromatic carbocycles. The van der Waals surface area contributed by atoms with E-state index in [1.54, 1.807) is 49.6 Å². The second-order valence-corrected chi connectivity index (χ2v) is 8.79. The molecule has 0 bridgehead atoms. The van der Waals surface area contributed by atoms with E-state index in [4.69, 9.17) is 14.6 Å². The van der Waals surface area contributed by atoms with Crippen molar-refractivity contribution in [3.05, 3.63) is 90.0 Å². The summed E-state index contributed by atoms with van der Waals surface area (Å²) in [5, 5.41) is 13.9. The van der Waals surface area contributed by atoms with Crippen molar-refractivity contribution in [2.24, 2.45) is 0 Å². The minimum Gasteiger partial charge on any atom is -0.497 e. The number of rotatable bonds is 10. The Morgan fingerprint density at radius 3 is 2.22 bits per heavy atom. The number of hydrogen-bond acceptors (Lipinski definition) is 6. The van der Waals surface area contributed by atoms with Gasteiger partial charge in [0.25, 0.3) is 0 Å². The SMILES string of the molecule is COc1ccc(OC)c(NC(=O)C(Sc2ccc(NC(=O)C=C(C)C(=O)O)cc2)c2ccccc2)c1. The lowest BCUT2D eigenvalue weighted by molar-refractivity contribution is -0.132. The molecule has 1 atom stereocenters. The molecule has 0 spiro atoms. The third-order valence-corrected chi connectivity index (χ3v) is 6.33. The molecular weight excluding hydrogens is 480 g/mol. The van der Waals surface area contributed by atoms with Gasteiger partial charge < -0.3 is 25.2 Å². The van der Waals surface area contributed by atoms with E-state index in [0.29, 0.717) is 22.9 Å². The Kier molecular flexibility index (Phi) is 9.13. The molecule has 0 saturated heterocycles. The number of benzene rings is 3. The quantitative estimate of drug-likeness (QED) is 0.258. The molecule has 3 aromatic rings. The van der Waals surface area contributed by atoms with Crippen molar-refractivity contribution in [1.82, 2.24) is 0 Å². The highest BCUT2D eigenvalue weighted by molar-refractivity contribution is 8.00. The minimum absolute atomic E-state index is 0.0657. The van der Waals surface area contributed by atoms with Gasteiger partial charge >= 0.3 is 5.97 Å². The van der Waals surface area contributed by atoms with Crippen molar-refractivity contribution in [3.8, 4) is 11.5 Å². The molecule has 0 aliphatic carbocycles. The summed E-state index contributed by atoms with van der Waals surface area (Å²) in [5.74, 6) is -0.850. The van der Waals surface area contributed by atoms with Crippen LogP contribution in [0, 0.1) is 0 Å². The van der Waals surface area contributed by atoms with Gasteiger partial charge in [0.05, 0.1) is 19.9 Å². The van der Waals surface area contributed by atoms with Crippen LogP contribution in [0.5, 0.6) is 11.5 Å². The van der Waals surface area contributed by atoms with E-state index >= 15 is 0 Å². The summed E-state index contributed by atoms with van der Waals surface area (Å²) in [6.07, 6.45) is 1.02. The predicted molar refractivity (Wildman–Crippen MR) is 140 cm³/mol. The summed E-state index contributed by atoms with van der Waals surface area (Å²) >= 11 is 1.35. The van der Waals surface area contributed by atoms with Crippen LogP contribution in [0.4, 0.5) is 11.4 Å². The van der Waals surface area contributed by atoms with Crippen LogP contribution in [0.15, 0.2) is 89.3 Å². The zero-order valence-electron chi connectivity index (χ0n) is 20.0. The number of hydrogen-bond donors (Lipinski definition) is 3. The topological polar surface area (TPSA) is 114 Å². The number of aliphatic carboxylic acids is 1. The Morgan fingerprint density at radius 1 is 0.917 bits per heavy atom. The molecule has 36 heavy (non-hydrogen) atoms. The van der Waals surface area contributed by atoms with E-state index in [2.05, 4.69) is 10.6 Å². The average Bonchev–Trinajstić information content (AvgIpc) is 2.88. The van der Waals surface area contributed by atoms with Crippen LogP contribution < -0.4 is 20.1 Å². The van der Waals surface area contributed by atoms with Crippen LogP contribution in [-0.2, 0) is 14.4 Å². The van der Waals surface area contributed by atoms with Crippen LogP contribution in [0.3, 0.4) is 0 Å². The summed E-state index contributed by atoms with van der Waals surface area (Å²) in [4.78, 5) is 37.1. The third kappa shape index (κ3) is 7.13. The maximum absolute atomic E-state index is 13.4. The number of carbonyl (C=O) groups excluding carboxylic acids is 2. The molecule has 0 radical (unpaired) electrons. The number of carbonyl (C=O) groups is 3. The van der Waals surface area contributed by atoms with E-state index in [1.165, 1.54) is 25.8 Å². The maximum Gasteiger partial charge on any atom is 0.331 e. The lowest BCUT2D eigenvalue weighted by atomic mass is 10.1. The monoisotopic (exact) mass is 506 g/mol. The molecule has 2 amide bonds. The van der Waals surface area contributed by atoms with Crippen molar-refractivity contribution in [3.63, 3.8) is 0 Å². The summed E-state index contributed by atoms with van der Waals surface area (Å²) in [6.45, 7) is 1.34. The van der Waals surface area contributed by atoms with Crippen molar-refractivity contribution in [2.45, 2.75) is 17.1 Å². The zero-order valence-corrected chi connectivity index (χ0v) is 20.8. The molecular formula is C27H26N2O6S. The smallest absolute Gasteiger partial charge is 0.331 e. The molecule has 8 nitrogen and oxygen atoms in total. The Hall–Kier alpha value is -4.24. The van der Waals surface area contributed by atoms with Crippen LogP contribution >= 0.6 is 11.8 Å². The van der Waals surface area contributed by atoms with Crippen molar-refractivity contribution in [1.29, 1.82) is 0 Å². The highest BCUT2D eigenvalue weighted by Crippen LogP contribution is 2.38. The summed E-state index contributed by atoms with van der Waals surface area (Å²) in [6, 6.07) is 21.5. The number of amides is 2. The molecule has 1 unspecified atom stereocenters. The van der Waals surface area contributed by atoms with Gasteiger partial charge in [-0.3, -0.25) is 9.59 Å². The average molecular weight is 507 g/mol. The van der Waals surface area contributed by atoms with Crippen molar-refractivity contribution < 1.29 is 29.0 Å². The standard InChI is InChI=1S/C27H26N2O6S/c1-17(27(32)33)15-24(30)28-19-9-12-21(13-10-19)36-25(18-7-5-4-6-8-18)26(31)29-22-16-20(34-2)11-14-23(22)35-3/h4-16,25H,1-3H3,(H,28,30)(H,29,31)(H,32,33). The van der Waals surface area contributed by atoms with Crippen LogP contribution in [0.25, 0.3) is 0 Å². The molecule has 9 heteroatoms. The Balaban J connectivity index is 1.80. The summed E-state index contributed by atoms with van der Waals surface area (Å²) < 4.78 is 10.7. The fourth-order valence-corrected chi connectivity index (χ4v) is 4.22. The summed E-state index contributed by atoms with van der Waals surface area (Å²) in [5.41, 5.74) is 1.74. The molecule has 0 heterocycles. The number of carboxylic acids is 1. The van der Waals surface area contributed by atoms with E-state index in [9.17, 15) is 14.4 Å². The van der Waals surface area contributed by atoms with Gasteiger partial charge in [0.15, 0.2) is 0 Å². The molecule has 0 aliphatic heterocycles. The highest BCUT2D eigenvalue weighted by atomic mass is 32.2. The number of ether oxygens (including phenoxy) is 2. The van der Waals surface area contributed by atoms with Crippen LogP contribution in [0.2, 0.25) is 0 Å². The lowest BCUT2D eigenvalue weighted by Gasteiger charge is -2.19. The molecule has 3 N–H and O–H groups in total. The molecule has 3 rings (SSSR count). The Labute approximate surface area is 213 Å². The number of methoxy groups -OCH3 is 2. The maximum atomic E-state index is 13.4. The van der Waals surface area contributed by atoms with Gasteiger partial charge in [-0.25, -0.2) is 4.79 Å². The molecule has 0 saturated carbocycles. The van der Waals surface area contributed by atoms with Crippen LogP contribution in [0.1, 0.15) is 17.7 Å². The second kappa shape index (κ2) is 12.5. The lowest BCUT2D eigenvalue weighted by Crippen LogP contribution is -2.19. The minimum atomic E-state index is -1.16. The first-order chi connectivity index (χ1) is 17.3. The second-order valence-electron chi connectivity index (χ2n) is 7.61. The Morgan fingerprint density at radius 2 is 1.61 bits per heavy atom. The van der Waals surface area contributed by atoms with Crippen molar-refractivity contribution in [2.75, 3.05) is 24.9 Å². The van der Waals surface area contributed by atoms with E-state index in [0.717, 1.165) is 16.5 Å². The van der Waals surface area contributed by atoms with Gasteiger partial charge in [-0.2, -0.15) is 0 Å². The molecule has 0 aromatic heterocycles. The van der Waals surface area contributed by atoms with Gasteiger partial charge in [0.1, 0.15) is 16.7 Å². The first-order valence-electron chi connectivity index (χ1n) is 10.9. The number of anilines is 2. The van der Waals surface area contributed by atoms with Gasteiger partial charge in [-0.15, -0.1) is 11.8 Å². The van der Waals surface area contributed by atoms with Gasteiger partial charge in [-0.05, 0) is 48.9 Å². The van der Waals surface area contributed by atoms with E-state index in [-0.39, 0.29) is 11.5 Å². The fraction of sp³-hybridized carbons (Fsp3) is 0.148.